The summed E-state index contributed by atoms with van der Waals surface area (Å²) in [5, 5.41) is 14.3. The molecule has 0 aliphatic rings. The second-order valence-electron chi connectivity index (χ2n) is 7.50. The Labute approximate surface area is 178 Å². The number of amides is 1. The molecule has 0 fully saturated rings. The van der Waals surface area contributed by atoms with E-state index >= 15 is 0 Å². The van der Waals surface area contributed by atoms with Crippen molar-refractivity contribution in [1.82, 2.24) is 10.3 Å². The van der Waals surface area contributed by atoms with Crippen molar-refractivity contribution in [3.63, 3.8) is 0 Å². The second kappa shape index (κ2) is 8.55. The standard InChI is InChI=1S/C24H24N2O5/c1-14-18-5-3-16(27)11-22(18)31-24(29)19(14)7-8-23(28)25-10-9-15-13-26-21-12-17(30-2)4-6-20(15)21/h3-6,11-13,26-27H,7-10H2,1-2H3,(H,25,28). The average molecular weight is 420 g/mol. The van der Waals surface area contributed by atoms with Crippen LogP contribution in [0.1, 0.15) is 23.1 Å². The van der Waals surface area contributed by atoms with Crippen molar-refractivity contribution in [2.45, 2.75) is 26.2 Å². The summed E-state index contributed by atoms with van der Waals surface area (Å²) >= 11 is 0. The molecule has 2 aromatic carbocycles. The number of aromatic amines is 1. The van der Waals surface area contributed by atoms with Crippen molar-refractivity contribution in [2.75, 3.05) is 13.7 Å². The van der Waals surface area contributed by atoms with Gasteiger partial charge in [-0.3, -0.25) is 4.79 Å². The first-order chi connectivity index (χ1) is 15.0. The lowest BCUT2D eigenvalue weighted by molar-refractivity contribution is -0.121. The zero-order chi connectivity index (χ0) is 22.0. The van der Waals surface area contributed by atoms with Crippen LogP contribution in [0.5, 0.6) is 11.5 Å². The topological polar surface area (TPSA) is 105 Å². The number of fused-ring (bicyclic) bond motifs is 2. The summed E-state index contributed by atoms with van der Waals surface area (Å²) in [5.41, 5.74) is 3.23. The minimum atomic E-state index is -0.474. The fraction of sp³-hybridized carbons (Fsp3) is 0.250. The smallest absolute Gasteiger partial charge is 0.339 e. The number of nitrogens with one attached hydrogen (secondary N) is 2. The molecule has 0 bridgehead atoms. The molecular weight excluding hydrogens is 396 g/mol. The van der Waals surface area contributed by atoms with Gasteiger partial charge in [-0.25, -0.2) is 4.79 Å². The largest absolute Gasteiger partial charge is 0.508 e. The fourth-order valence-electron chi connectivity index (χ4n) is 3.83. The van der Waals surface area contributed by atoms with E-state index in [9.17, 15) is 14.7 Å². The molecular formula is C24H24N2O5. The Hall–Kier alpha value is -3.74. The molecule has 2 heterocycles. The van der Waals surface area contributed by atoms with E-state index in [2.05, 4.69) is 10.3 Å². The first kappa shape index (κ1) is 20.5. The minimum Gasteiger partial charge on any atom is -0.508 e. The molecule has 7 nitrogen and oxygen atoms in total. The van der Waals surface area contributed by atoms with E-state index in [1.165, 1.54) is 6.07 Å². The van der Waals surface area contributed by atoms with E-state index in [1.807, 2.05) is 31.3 Å². The lowest BCUT2D eigenvalue weighted by atomic mass is 10.0. The van der Waals surface area contributed by atoms with E-state index in [0.29, 0.717) is 30.5 Å². The maximum absolute atomic E-state index is 12.3. The number of carbonyl (C=O) groups excluding carboxylic acids is 1. The second-order valence-corrected chi connectivity index (χ2v) is 7.50. The van der Waals surface area contributed by atoms with Gasteiger partial charge in [0.15, 0.2) is 0 Å². The predicted molar refractivity (Wildman–Crippen MR) is 119 cm³/mol. The maximum atomic E-state index is 12.3. The molecule has 31 heavy (non-hydrogen) atoms. The van der Waals surface area contributed by atoms with Crippen LogP contribution in [-0.4, -0.2) is 29.7 Å². The van der Waals surface area contributed by atoms with Crippen LogP contribution in [0.2, 0.25) is 0 Å². The van der Waals surface area contributed by atoms with Gasteiger partial charge in [0.25, 0.3) is 0 Å². The number of rotatable bonds is 7. The van der Waals surface area contributed by atoms with Crippen LogP contribution in [0, 0.1) is 6.92 Å². The highest BCUT2D eigenvalue weighted by molar-refractivity contribution is 5.85. The van der Waals surface area contributed by atoms with Gasteiger partial charge in [-0.1, -0.05) is 0 Å². The number of ether oxygens (including phenoxy) is 1. The predicted octanol–water partition coefficient (Wildman–Crippen LogP) is 3.59. The molecule has 0 unspecified atom stereocenters. The number of aromatic hydroxyl groups is 1. The van der Waals surface area contributed by atoms with Crippen molar-refractivity contribution < 1.29 is 19.1 Å². The van der Waals surface area contributed by atoms with E-state index in [-0.39, 0.29) is 18.1 Å². The highest BCUT2D eigenvalue weighted by Gasteiger charge is 2.13. The van der Waals surface area contributed by atoms with Crippen LogP contribution < -0.4 is 15.7 Å². The van der Waals surface area contributed by atoms with Crippen LogP contribution in [0.3, 0.4) is 0 Å². The van der Waals surface area contributed by atoms with Gasteiger partial charge in [-0.05, 0) is 55.2 Å². The van der Waals surface area contributed by atoms with Gasteiger partial charge in [0.05, 0.1) is 7.11 Å². The van der Waals surface area contributed by atoms with Gasteiger partial charge in [0, 0.05) is 53.1 Å². The Balaban J connectivity index is 1.36. The number of H-pyrrole nitrogens is 1. The maximum Gasteiger partial charge on any atom is 0.339 e. The number of methoxy groups -OCH3 is 1. The number of hydrogen-bond acceptors (Lipinski definition) is 5. The van der Waals surface area contributed by atoms with E-state index in [0.717, 1.165) is 33.2 Å². The molecule has 160 valence electrons. The number of aromatic nitrogens is 1. The van der Waals surface area contributed by atoms with Crippen molar-refractivity contribution in [3.8, 4) is 11.5 Å². The number of carbonyl (C=O) groups is 1. The summed E-state index contributed by atoms with van der Waals surface area (Å²) in [6, 6.07) is 10.5. The third-order valence-electron chi connectivity index (χ3n) is 5.56. The summed E-state index contributed by atoms with van der Waals surface area (Å²) in [5.74, 6) is 0.710. The number of benzene rings is 2. The SMILES string of the molecule is COc1ccc2c(CCNC(=O)CCc3c(C)c4ccc(O)cc4oc3=O)c[nH]c2c1. The normalized spacial score (nSPS) is 11.2. The molecule has 0 atom stereocenters. The van der Waals surface area contributed by atoms with Gasteiger partial charge < -0.3 is 24.6 Å². The van der Waals surface area contributed by atoms with Crippen molar-refractivity contribution in [1.29, 1.82) is 0 Å². The fourth-order valence-corrected chi connectivity index (χ4v) is 3.83. The quantitative estimate of drug-likeness (QED) is 0.396. The number of phenolic OH excluding ortho intramolecular Hbond substituents is 1. The Bertz CT molecular complexity index is 1320. The number of hydrogen-bond donors (Lipinski definition) is 3. The molecule has 0 aliphatic carbocycles. The van der Waals surface area contributed by atoms with Crippen LogP contribution in [0.25, 0.3) is 21.9 Å². The van der Waals surface area contributed by atoms with Crippen molar-refractivity contribution in [3.05, 3.63) is 69.7 Å². The summed E-state index contributed by atoms with van der Waals surface area (Å²) < 4.78 is 10.6. The first-order valence-electron chi connectivity index (χ1n) is 10.1. The van der Waals surface area contributed by atoms with E-state index < -0.39 is 5.63 Å². The lowest BCUT2D eigenvalue weighted by Crippen LogP contribution is -2.26. The molecule has 4 rings (SSSR count). The molecule has 3 N–H and O–H groups in total. The Kier molecular flexibility index (Phi) is 5.66. The molecule has 0 saturated carbocycles. The molecule has 0 radical (unpaired) electrons. The van der Waals surface area contributed by atoms with Crippen LogP contribution in [0.4, 0.5) is 0 Å². The van der Waals surface area contributed by atoms with Gasteiger partial charge >= 0.3 is 5.63 Å². The molecule has 0 aliphatic heterocycles. The summed E-state index contributed by atoms with van der Waals surface area (Å²) in [4.78, 5) is 27.9. The molecule has 7 heteroatoms. The molecule has 1 amide bonds. The van der Waals surface area contributed by atoms with Gasteiger partial charge in [-0.15, -0.1) is 0 Å². The number of aryl methyl sites for hydroxylation is 1. The average Bonchev–Trinajstić information content (AvgIpc) is 3.15. The van der Waals surface area contributed by atoms with Gasteiger partial charge in [-0.2, -0.15) is 0 Å². The summed E-state index contributed by atoms with van der Waals surface area (Å²) in [6.45, 7) is 2.33. The molecule has 0 saturated heterocycles. The summed E-state index contributed by atoms with van der Waals surface area (Å²) in [6.07, 6.45) is 3.13. The molecule has 0 spiro atoms. The number of phenols is 1. The highest BCUT2D eigenvalue weighted by Crippen LogP contribution is 2.24. The van der Waals surface area contributed by atoms with E-state index in [1.54, 1.807) is 19.2 Å². The third kappa shape index (κ3) is 4.26. The van der Waals surface area contributed by atoms with Crippen molar-refractivity contribution >= 4 is 27.8 Å². The van der Waals surface area contributed by atoms with E-state index in [4.69, 9.17) is 9.15 Å². The highest BCUT2D eigenvalue weighted by atomic mass is 16.5. The zero-order valence-corrected chi connectivity index (χ0v) is 17.5. The monoisotopic (exact) mass is 420 g/mol. The van der Waals surface area contributed by atoms with Gasteiger partial charge in [0.1, 0.15) is 17.1 Å². The van der Waals surface area contributed by atoms with Crippen LogP contribution in [0.15, 0.2) is 51.8 Å². The third-order valence-corrected chi connectivity index (χ3v) is 5.56. The Morgan fingerprint density at radius 1 is 1.16 bits per heavy atom. The summed E-state index contributed by atoms with van der Waals surface area (Å²) in [7, 11) is 1.63. The van der Waals surface area contributed by atoms with Crippen molar-refractivity contribution in [2.24, 2.45) is 0 Å². The van der Waals surface area contributed by atoms with Gasteiger partial charge in [0.2, 0.25) is 5.91 Å². The van der Waals surface area contributed by atoms with Crippen LogP contribution >= 0.6 is 0 Å². The Morgan fingerprint density at radius 2 is 1.97 bits per heavy atom. The minimum absolute atomic E-state index is 0.0384. The Morgan fingerprint density at radius 3 is 2.77 bits per heavy atom. The lowest BCUT2D eigenvalue weighted by Gasteiger charge is -2.08. The zero-order valence-electron chi connectivity index (χ0n) is 17.5. The first-order valence-corrected chi connectivity index (χ1v) is 10.1. The van der Waals surface area contributed by atoms with Crippen LogP contribution in [-0.2, 0) is 17.6 Å². The molecule has 2 aromatic heterocycles. The molecule has 4 aromatic rings.